The number of hydrogen-bond acceptors (Lipinski definition) is 5. The van der Waals surface area contributed by atoms with Crippen LogP contribution in [0.25, 0.3) is 22.0 Å². The number of carboxylic acid groups (broad SMARTS) is 1. The Morgan fingerprint density at radius 1 is 0.917 bits per heavy atom. The molecule has 174 valence electrons. The van der Waals surface area contributed by atoms with Gasteiger partial charge in [-0.05, 0) is 47.5 Å². The standard InChI is InChI=1S/C30H21N3O3/c31-17-24-13-12-23(16-27(24)26-7-1-4-21-5-3-15-33-28(21)26)29(25-6-2-14-32-18-25)36-19-20-8-10-22(11-9-20)30(34)35/h1-16,18,29H,19H2,(H,34,35). The number of para-hydroxylation sites is 1. The first kappa shape index (κ1) is 22.9. The molecule has 0 aliphatic carbocycles. The van der Waals surface area contributed by atoms with Crippen molar-refractivity contribution in [2.75, 3.05) is 0 Å². The minimum Gasteiger partial charge on any atom is -0.478 e. The zero-order chi connectivity index (χ0) is 24.9. The smallest absolute Gasteiger partial charge is 0.335 e. The highest BCUT2D eigenvalue weighted by molar-refractivity contribution is 5.95. The molecule has 0 spiro atoms. The number of carbonyl (C=O) groups is 1. The Hall–Kier alpha value is -4.86. The largest absolute Gasteiger partial charge is 0.478 e. The molecule has 1 N–H and O–H groups in total. The highest BCUT2D eigenvalue weighted by Gasteiger charge is 2.19. The topological polar surface area (TPSA) is 96.1 Å². The molecule has 6 heteroatoms. The number of benzene rings is 3. The van der Waals surface area contributed by atoms with Crippen LogP contribution in [0.1, 0.15) is 38.7 Å². The molecule has 2 heterocycles. The Morgan fingerprint density at radius 2 is 1.72 bits per heavy atom. The summed E-state index contributed by atoms with van der Waals surface area (Å²) in [6, 6.07) is 28.2. The van der Waals surface area contributed by atoms with E-state index in [1.807, 2.05) is 54.6 Å². The van der Waals surface area contributed by atoms with Crippen molar-refractivity contribution in [3.8, 4) is 17.2 Å². The van der Waals surface area contributed by atoms with Gasteiger partial charge in [-0.2, -0.15) is 5.26 Å². The molecule has 0 fully saturated rings. The van der Waals surface area contributed by atoms with E-state index in [0.29, 0.717) is 5.56 Å². The van der Waals surface area contributed by atoms with Crippen LogP contribution in [0, 0.1) is 11.3 Å². The first-order chi connectivity index (χ1) is 17.6. The number of aromatic carboxylic acids is 1. The molecular weight excluding hydrogens is 450 g/mol. The molecule has 0 aliphatic rings. The van der Waals surface area contributed by atoms with E-state index >= 15 is 0 Å². The van der Waals surface area contributed by atoms with Crippen LogP contribution in [-0.2, 0) is 11.3 Å². The van der Waals surface area contributed by atoms with Gasteiger partial charge < -0.3 is 9.84 Å². The fourth-order valence-electron chi connectivity index (χ4n) is 4.21. The lowest BCUT2D eigenvalue weighted by Crippen LogP contribution is -2.08. The van der Waals surface area contributed by atoms with Crippen molar-refractivity contribution in [3.63, 3.8) is 0 Å². The monoisotopic (exact) mass is 471 g/mol. The van der Waals surface area contributed by atoms with Crippen molar-refractivity contribution in [2.45, 2.75) is 12.7 Å². The van der Waals surface area contributed by atoms with E-state index in [0.717, 1.165) is 38.7 Å². The lowest BCUT2D eigenvalue weighted by atomic mass is 9.93. The minimum atomic E-state index is -0.969. The van der Waals surface area contributed by atoms with Crippen LogP contribution in [-0.4, -0.2) is 21.0 Å². The number of aromatic nitrogens is 2. The summed E-state index contributed by atoms with van der Waals surface area (Å²) < 4.78 is 6.37. The van der Waals surface area contributed by atoms with Gasteiger partial charge in [-0.3, -0.25) is 9.97 Å². The molecular formula is C30H21N3O3. The molecule has 0 aliphatic heterocycles. The molecule has 2 aromatic heterocycles. The first-order valence-electron chi connectivity index (χ1n) is 11.4. The zero-order valence-electron chi connectivity index (χ0n) is 19.2. The maximum absolute atomic E-state index is 11.2. The fraction of sp³-hybridized carbons (Fsp3) is 0.0667. The number of pyridine rings is 2. The Kier molecular flexibility index (Phi) is 6.48. The first-order valence-corrected chi connectivity index (χ1v) is 11.4. The van der Waals surface area contributed by atoms with E-state index in [2.05, 4.69) is 16.0 Å². The van der Waals surface area contributed by atoms with Crippen molar-refractivity contribution in [2.24, 2.45) is 0 Å². The average Bonchev–Trinajstić information content (AvgIpc) is 2.93. The van der Waals surface area contributed by atoms with Gasteiger partial charge in [0, 0.05) is 40.7 Å². The third-order valence-corrected chi connectivity index (χ3v) is 5.99. The van der Waals surface area contributed by atoms with Crippen LogP contribution in [0.5, 0.6) is 0 Å². The summed E-state index contributed by atoms with van der Waals surface area (Å²) in [5, 5.41) is 20.0. The average molecular weight is 472 g/mol. The van der Waals surface area contributed by atoms with Gasteiger partial charge in [-0.15, -0.1) is 0 Å². The van der Waals surface area contributed by atoms with Gasteiger partial charge in [0.1, 0.15) is 6.10 Å². The molecule has 3 aromatic carbocycles. The summed E-state index contributed by atoms with van der Waals surface area (Å²) in [5.74, 6) is -0.969. The third kappa shape index (κ3) is 4.69. The number of nitrogens with zero attached hydrogens (tertiary/aromatic N) is 3. The van der Waals surface area contributed by atoms with Gasteiger partial charge in [-0.25, -0.2) is 4.79 Å². The Labute approximate surface area is 208 Å². The van der Waals surface area contributed by atoms with Crippen LogP contribution in [0.4, 0.5) is 0 Å². The van der Waals surface area contributed by atoms with E-state index in [1.165, 1.54) is 0 Å². The minimum absolute atomic E-state index is 0.225. The van der Waals surface area contributed by atoms with Crippen molar-refractivity contribution in [1.29, 1.82) is 5.26 Å². The molecule has 5 aromatic rings. The third-order valence-electron chi connectivity index (χ3n) is 5.99. The van der Waals surface area contributed by atoms with Crippen molar-refractivity contribution < 1.29 is 14.6 Å². The highest BCUT2D eigenvalue weighted by atomic mass is 16.5. The molecule has 6 nitrogen and oxygen atoms in total. The number of ether oxygens (including phenoxy) is 1. The molecule has 0 amide bonds. The maximum atomic E-state index is 11.2. The van der Waals surface area contributed by atoms with Gasteiger partial charge in [-0.1, -0.05) is 48.5 Å². The van der Waals surface area contributed by atoms with Crippen molar-refractivity contribution in [3.05, 3.63) is 131 Å². The summed E-state index contributed by atoms with van der Waals surface area (Å²) in [5.41, 5.74) is 5.84. The molecule has 1 atom stereocenters. The molecule has 36 heavy (non-hydrogen) atoms. The molecule has 0 bridgehead atoms. The summed E-state index contributed by atoms with van der Waals surface area (Å²) in [7, 11) is 0. The van der Waals surface area contributed by atoms with Crippen LogP contribution >= 0.6 is 0 Å². The van der Waals surface area contributed by atoms with Crippen molar-refractivity contribution >= 4 is 16.9 Å². The number of carboxylic acids is 1. The second-order valence-electron chi connectivity index (χ2n) is 8.28. The molecule has 0 radical (unpaired) electrons. The van der Waals surface area contributed by atoms with E-state index in [1.54, 1.807) is 48.9 Å². The van der Waals surface area contributed by atoms with Gasteiger partial charge in [0.2, 0.25) is 0 Å². The Bertz CT molecular complexity index is 1570. The Balaban J connectivity index is 1.55. The zero-order valence-corrected chi connectivity index (χ0v) is 19.2. The lowest BCUT2D eigenvalue weighted by Gasteiger charge is -2.20. The SMILES string of the molecule is N#Cc1ccc(C(OCc2ccc(C(=O)O)cc2)c2cccnc2)cc1-c1cccc2cccnc12. The van der Waals surface area contributed by atoms with Crippen molar-refractivity contribution in [1.82, 2.24) is 9.97 Å². The number of rotatable bonds is 7. The molecule has 1 unspecified atom stereocenters. The second-order valence-corrected chi connectivity index (χ2v) is 8.28. The summed E-state index contributed by atoms with van der Waals surface area (Å²) >= 11 is 0. The highest BCUT2D eigenvalue weighted by Crippen LogP contribution is 2.34. The molecule has 0 saturated heterocycles. The second kappa shape index (κ2) is 10.2. The van der Waals surface area contributed by atoms with Crippen LogP contribution < -0.4 is 0 Å². The van der Waals surface area contributed by atoms with E-state index in [9.17, 15) is 10.1 Å². The Morgan fingerprint density at radius 3 is 2.47 bits per heavy atom. The molecule has 5 rings (SSSR count). The summed E-state index contributed by atoms with van der Waals surface area (Å²) in [6.45, 7) is 0.268. The number of hydrogen-bond donors (Lipinski definition) is 1. The predicted octanol–water partition coefficient (Wildman–Crippen LogP) is 6.17. The van der Waals surface area contributed by atoms with E-state index in [4.69, 9.17) is 9.84 Å². The van der Waals surface area contributed by atoms with Gasteiger partial charge >= 0.3 is 5.97 Å². The van der Waals surface area contributed by atoms with Crippen LogP contribution in [0.2, 0.25) is 0 Å². The molecule has 0 saturated carbocycles. The number of nitriles is 1. The maximum Gasteiger partial charge on any atom is 0.335 e. The van der Waals surface area contributed by atoms with Crippen LogP contribution in [0.3, 0.4) is 0 Å². The lowest BCUT2D eigenvalue weighted by molar-refractivity contribution is 0.0662. The van der Waals surface area contributed by atoms with Gasteiger partial charge in [0.25, 0.3) is 0 Å². The van der Waals surface area contributed by atoms with Gasteiger partial charge in [0.05, 0.1) is 29.3 Å². The normalized spacial score (nSPS) is 11.6. The predicted molar refractivity (Wildman–Crippen MR) is 136 cm³/mol. The van der Waals surface area contributed by atoms with E-state index < -0.39 is 12.1 Å². The van der Waals surface area contributed by atoms with Gasteiger partial charge in [0.15, 0.2) is 0 Å². The quantitative estimate of drug-likeness (QED) is 0.305. The summed E-state index contributed by atoms with van der Waals surface area (Å²) in [4.78, 5) is 20.0. The van der Waals surface area contributed by atoms with E-state index in [-0.39, 0.29) is 12.2 Å². The fourth-order valence-corrected chi connectivity index (χ4v) is 4.21. The van der Waals surface area contributed by atoms with Crippen LogP contribution in [0.15, 0.2) is 104 Å². The number of fused-ring (bicyclic) bond motifs is 1. The summed E-state index contributed by atoms with van der Waals surface area (Å²) in [6.07, 6.45) is 4.76.